The molecule has 0 radical (unpaired) electrons. The van der Waals surface area contributed by atoms with Gasteiger partial charge in [0.05, 0.1) is 4.47 Å². The molecule has 0 spiro atoms. The van der Waals surface area contributed by atoms with E-state index in [1.807, 2.05) is 0 Å². The Kier molecular flexibility index (Phi) is 3.15. The summed E-state index contributed by atoms with van der Waals surface area (Å²) in [7, 11) is 0. The molecule has 2 atom stereocenters. The van der Waals surface area contributed by atoms with Crippen LogP contribution in [0.4, 0.5) is 4.39 Å². The molecule has 1 aliphatic carbocycles. The Balaban J connectivity index is 2.10. The second-order valence-electron chi connectivity index (χ2n) is 4.00. The van der Waals surface area contributed by atoms with Gasteiger partial charge in [0.1, 0.15) is 5.82 Å². The largest absolute Gasteiger partial charge is 0.370 e. The number of benzene rings is 1. The fourth-order valence-corrected chi connectivity index (χ4v) is 2.19. The minimum absolute atomic E-state index is 0.0856. The van der Waals surface area contributed by atoms with Gasteiger partial charge < -0.3 is 11.5 Å². The summed E-state index contributed by atoms with van der Waals surface area (Å²) in [5, 5.41) is 0. The van der Waals surface area contributed by atoms with Crippen LogP contribution in [-0.4, -0.2) is 11.9 Å². The smallest absolute Gasteiger partial charge is 0.252 e. The van der Waals surface area contributed by atoms with Crippen molar-refractivity contribution >= 4 is 27.8 Å². The molecule has 0 saturated heterocycles. The molecule has 1 fully saturated rings. The number of amides is 1. The summed E-state index contributed by atoms with van der Waals surface area (Å²) in [6.07, 6.45) is 0.702. The Morgan fingerprint density at radius 3 is 2.76 bits per heavy atom. The van der Waals surface area contributed by atoms with E-state index in [9.17, 15) is 9.18 Å². The maximum Gasteiger partial charge on any atom is 0.252 e. The number of carbonyl (C=O) groups is 1. The van der Waals surface area contributed by atoms with Crippen molar-refractivity contribution in [2.75, 3.05) is 0 Å². The molecule has 1 aliphatic rings. The maximum absolute atomic E-state index is 13.0. The molecule has 90 valence electrons. The zero-order chi connectivity index (χ0) is 12.6. The molecule has 4 N–H and O–H groups in total. The maximum atomic E-state index is 13.0. The lowest BCUT2D eigenvalue weighted by atomic mass is 10.1. The molecule has 0 heterocycles. The number of nitrogens with two attached hydrogens (primary N) is 2. The van der Waals surface area contributed by atoms with Crippen LogP contribution in [0.1, 0.15) is 17.9 Å². The van der Waals surface area contributed by atoms with Gasteiger partial charge in [-0.3, -0.25) is 4.79 Å². The Morgan fingerprint density at radius 2 is 2.18 bits per heavy atom. The van der Waals surface area contributed by atoms with E-state index in [0.717, 1.165) is 5.56 Å². The van der Waals surface area contributed by atoms with Crippen LogP contribution in [0.5, 0.6) is 0 Å². The van der Waals surface area contributed by atoms with Crippen LogP contribution in [0, 0.1) is 11.7 Å². The third kappa shape index (κ3) is 2.63. The summed E-state index contributed by atoms with van der Waals surface area (Å²) in [5.74, 6) is -0.949. The van der Waals surface area contributed by atoms with Crippen LogP contribution >= 0.6 is 15.9 Å². The van der Waals surface area contributed by atoms with E-state index in [0.29, 0.717) is 10.9 Å². The molecule has 17 heavy (non-hydrogen) atoms. The number of hydrogen-bond acceptors (Lipinski definition) is 1. The number of guanidine groups is 1. The second kappa shape index (κ2) is 4.44. The quantitative estimate of drug-likeness (QED) is 0.641. The predicted molar refractivity (Wildman–Crippen MR) is 65.8 cm³/mol. The number of halogens is 2. The highest BCUT2D eigenvalue weighted by Crippen LogP contribution is 2.48. The number of aliphatic imine (C=N–C) groups is 1. The highest BCUT2D eigenvalue weighted by molar-refractivity contribution is 9.10. The van der Waals surface area contributed by atoms with Crippen LogP contribution < -0.4 is 11.5 Å². The van der Waals surface area contributed by atoms with Crippen molar-refractivity contribution in [3.8, 4) is 0 Å². The van der Waals surface area contributed by atoms with Gasteiger partial charge in [-0.25, -0.2) is 4.39 Å². The van der Waals surface area contributed by atoms with Gasteiger partial charge in [0.15, 0.2) is 5.96 Å². The predicted octanol–water partition coefficient (Wildman–Crippen LogP) is 1.49. The molecule has 1 saturated carbocycles. The number of carbonyl (C=O) groups excluding carboxylic acids is 1. The van der Waals surface area contributed by atoms with E-state index in [1.54, 1.807) is 12.1 Å². The minimum Gasteiger partial charge on any atom is -0.370 e. The van der Waals surface area contributed by atoms with Gasteiger partial charge in [0, 0.05) is 5.92 Å². The Morgan fingerprint density at radius 1 is 1.47 bits per heavy atom. The topological polar surface area (TPSA) is 81.5 Å². The Labute approximate surface area is 106 Å². The van der Waals surface area contributed by atoms with Gasteiger partial charge in [-0.2, -0.15) is 4.99 Å². The molecule has 0 aromatic heterocycles. The number of hydrogen-bond donors (Lipinski definition) is 2. The van der Waals surface area contributed by atoms with Crippen molar-refractivity contribution < 1.29 is 9.18 Å². The van der Waals surface area contributed by atoms with Gasteiger partial charge in [0.25, 0.3) is 5.91 Å². The van der Waals surface area contributed by atoms with E-state index in [1.165, 1.54) is 6.07 Å². The summed E-state index contributed by atoms with van der Waals surface area (Å²) in [5.41, 5.74) is 11.2. The van der Waals surface area contributed by atoms with Gasteiger partial charge in [-0.05, 0) is 46.0 Å². The average molecular weight is 300 g/mol. The molecule has 0 aliphatic heterocycles. The van der Waals surface area contributed by atoms with Crippen molar-refractivity contribution in [2.45, 2.75) is 12.3 Å². The highest BCUT2D eigenvalue weighted by Gasteiger charge is 2.44. The summed E-state index contributed by atoms with van der Waals surface area (Å²) < 4.78 is 13.4. The Hall–Kier alpha value is -1.43. The standard InChI is InChI=1S/C11H11BrFN3O/c12-8-3-5(1-2-9(8)13)6-4-7(6)10(17)16-11(14)15/h1-3,6-7H,4H2,(H4,14,15,16,17)/t6-,7+/m0/s1. The van der Waals surface area contributed by atoms with Crippen LogP contribution in [0.25, 0.3) is 0 Å². The molecule has 1 amide bonds. The third-order valence-corrected chi connectivity index (χ3v) is 3.33. The minimum atomic E-state index is -0.318. The highest BCUT2D eigenvalue weighted by atomic mass is 79.9. The van der Waals surface area contributed by atoms with E-state index < -0.39 is 0 Å². The van der Waals surface area contributed by atoms with Crippen molar-refractivity contribution in [1.82, 2.24) is 0 Å². The lowest BCUT2D eigenvalue weighted by Crippen LogP contribution is -2.24. The lowest BCUT2D eigenvalue weighted by molar-refractivity contribution is -0.119. The fourth-order valence-electron chi connectivity index (χ4n) is 1.79. The molecule has 1 aromatic carbocycles. The first-order valence-corrected chi connectivity index (χ1v) is 5.86. The van der Waals surface area contributed by atoms with Crippen LogP contribution in [-0.2, 0) is 4.79 Å². The first kappa shape index (κ1) is 12.0. The summed E-state index contributed by atoms with van der Waals surface area (Å²) in [6.45, 7) is 0. The molecule has 0 unspecified atom stereocenters. The van der Waals surface area contributed by atoms with Crippen molar-refractivity contribution in [1.29, 1.82) is 0 Å². The van der Waals surface area contributed by atoms with Crippen LogP contribution in [0.15, 0.2) is 27.7 Å². The van der Waals surface area contributed by atoms with Crippen molar-refractivity contribution in [2.24, 2.45) is 22.4 Å². The van der Waals surface area contributed by atoms with E-state index in [2.05, 4.69) is 20.9 Å². The van der Waals surface area contributed by atoms with E-state index in [-0.39, 0.29) is 29.5 Å². The molecule has 1 aromatic rings. The Bertz CT molecular complexity index is 499. The fraction of sp³-hybridized carbons (Fsp3) is 0.273. The first-order valence-electron chi connectivity index (χ1n) is 5.07. The van der Waals surface area contributed by atoms with Gasteiger partial charge >= 0.3 is 0 Å². The average Bonchev–Trinajstić information content (AvgIpc) is 3.01. The van der Waals surface area contributed by atoms with Crippen LogP contribution in [0.3, 0.4) is 0 Å². The molecule has 4 nitrogen and oxygen atoms in total. The van der Waals surface area contributed by atoms with Crippen molar-refractivity contribution in [3.63, 3.8) is 0 Å². The molecule has 6 heteroatoms. The summed E-state index contributed by atoms with van der Waals surface area (Å²) in [6, 6.07) is 4.73. The zero-order valence-corrected chi connectivity index (χ0v) is 10.4. The lowest BCUT2D eigenvalue weighted by Gasteiger charge is -2.01. The summed E-state index contributed by atoms with van der Waals surface area (Å²) in [4.78, 5) is 15.0. The SMILES string of the molecule is NC(N)=NC(=O)[C@@H]1C[C@H]1c1ccc(F)c(Br)c1. The van der Waals surface area contributed by atoms with Gasteiger partial charge in [-0.15, -0.1) is 0 Å². The monoisotopic (exact) mass is 299 g/mol. The van der Waals surface area contributed by atoms with Crippen LogP contribution in [0.2, 0.25) is 0 Å². The van der Waals surface area contributed by atoms with Crippen molar-refractivity contribution in [3.05, 3.63) is 34.1 Å². The van der Waals surface area contributed by atoms with Gasteiger partial charge in [-0.1, -0.05) is 6.07 Å². The first-order chi connectivity index (χ1) is 7.99. The number of rotatable bonds is 2. The normalized spacial score (nSPS) is 22.0. The molecular formula is C11H11BrFN3O. The van der Waals surface area contributed by atoms with E-state index >= 15 is 0 Å². The molecule has 2 rings (SSSR count). The molecule has 0 bridgehead atoms. The second-order valence-corrected chi connectivity index (χ2v) is 4.85. The summed E-state index contributed by atoms with van der Waals surface area (Å²) >= 11 is 3.11. The third-order valence-electron chi connectivity index (χ3n) is 2.72. The molecular weight excluding hydrogens is 289 g/mol. The number of nitrogens with zero attached hydrogens (tertiary/aromatic N) is 1. The van der Waals surface area contributed by atoms with Gasteiger partial charge in [0.2, 0.25) is 0 Å². The zero-order valence-electron chi connectivity index (χ0n) is 8.86. The van der Waals surface area contributed by atoms with E-state index in [4.69, 9.17) is 11.5 Å².